The maximum atomic E-state index is 14.1. The Morgan fingerprint density at radius 1 is 0.619 bits per heavy atom. The van der Waals surface area contributed by atoms with E-state index >= 15 is 0 Å². The molecule has 0 bridgehead atoms. The first-order valence-electron chi connectivity index (χ1n) is 23.2. The molecule has 10 heteroatoms. The Morgan fingerprint density at radius 2 is 1.11 bits per heavy atom. The molecule has 0 atom stereocenters. The molecule has 0 heterocycles. The highest BCUT2D eigenvalue weighted by Crippen LogP contribution is 2.29. The maximum absolute atomic E-state index is 14.1. The number of carbonyl (C=O) groups excluding carboxylic acids is 3. The highest BCUT2D eigenvalue weighted by Gasteiger charge is 2.25. The summed E-state index contributed by atoms with van der Waals surface area (Å²) < 4.78 is 21.9. The molecule has 2 amide bonds. The van der Waals surface area contributed by atoms with E-state index in [2.05, 4.69) is 12.2 Å². The molecule has 4 aromatic carbocycles. The van der Waals surface area contributed by atoms with E-state index in [9.17, 15) is 14.4 Å². The Kier molecular flexibility index (Phi) is 23.7. The van der Waals surface area contributed by atoms with Gasteiger partial charge in [-0.05, 0) is 90.4 Å². The van der Waals surface area contributed by atoms with Crippen molar-refractivity contribution < 1.29 is 33.3 Å². The van der Waals surface area contributed by atoms with Crippen LogP contribution in [0.3, 0.4) is 0 Å². The fraction of sp³-hybridized carbons (Fsp3) is 0.491. The quantitative estimate of drug-likeness (QED) is 0.0303. The van der Waals surface area contributed by atoms with Crippen LogP contribution in [0.5, 0.6) is 17.2 Å². The monoisotopic (exact) mass is 881 g/mol. The Bertz CT molecular complexity index is 1870. The van der Waals surface area contributed by atoms with E-state index in [-0.39, 0.29) is 24.8 Å². The van der Waals surface area contributed by atoms with Gasteiger partial charge in [0.15, 0.2) is 0 Å². The molecule has 0 unspecified atom stereocenters. The molecule has 9 nitrogen and oxygen atoms in total. The summed E-state index contributed by atoms with van der Waals surface area (Å²) in [6.45, 7) is 2.70. The van der Waals surface area contributed by atoms with Crippen molar-refractivity contribution in [1.29, 1.82) is 0 Å². The normalized spacial score (nSPS) is 11.0. The van der Waals surface area contributed by atoms with Gasteiger partial charge in [0.1, 0.15) is 23.8 Å². The second kappa shape index (κ2) is 29.4. The van der Waals surface area contributed by atoms with Crippen molar-refractivity contribution in [1.82, 2.24) is 5.32 Å². The minimum Gasteiger partial charge on any atom is -0.497 e. The smallest absolute Gasteiger partial charge is 0.339 e. The van der Waals surface area contributed by atoms with Crippen molar-refractivity contribution in [2.24, 2.45) is 0 Å². The molecular weight excluding hydrogens is 809 g/mol. The Hall–Kier alpha value is -4.96. The fourth-order valence-corrected chi connectivity index (χ4v) is 8.30. The number of aryl methyl sites for hydroxylation is 1. The van der Waals surface area contributed by atoms with E-state index in [1.165, 1.54) is 120 Å². The van der Waals surface area contributed by atoms with Crippen LogP contribution in [0.2, 0.25) is 0 Å². The molecule has 0 fully saturated rings. The van der Waals surface area contributed by atoms with Crippen LogP contribution in [-0.4, -0.2) is 58.5 Å². The Balaban J connectivity index is 1.30. The van der Waals surface area contributed by atoms with Crippen LogP contribution < -0.4 is 24.4 Å². The number of anilines is 1. The van der Waals surface area contributed by atoms with Crippen molar-refractivity contribution in [2.75, 3.05) is 45.6 Å². The molecular formula is C53H72N2O7S. The van der Waals surface area contributed by atoms with Gasteiger partial charge in [-0.15, -0.1) is 11.8 Å². The standard InChI is InChI=1S/C53H72N2O7S/c1-6-7-8-9-10-11-12-13-14-15-16-17-18-19-20-21-38-62-47-30-22-41(23-31-47)24-37-51(57)55(44-29-36-49(63-5)48(39-44)53(58)61-4)40-50(56)54-52(42-25-32-45(59-2)33-26-42)43-27-34-46(60-3)35-28-43/h22-23,25-36,39,52H,6-21,24,37-38,40H2,1-5H3,(H,54,56). The number of thioether (sulfide) groups is 1. The molecule has 0 saturated heterocycles. The van der Waals surface area contributed by atoms with Gasteiger partial charge in [0.05, 0.1) is 39.5 Å². The minimum atomic E-state index is -0.527. The second-order valence-electron chi connectivity index (χ2n) is 16.2. The van der Waals surface area contributed by atoms with Crippen LogP contribution >= 0.6 is 11.8 Å². The zero-order chi connectivity index (χ0) is 45.1. The molecule has 0 saturated carbocycles. The number of amides is 2. The number of methoxy groups -OCH3 is 3. The maximum Gasteiger partial charge on any atom is 0.339 e. The average molecular weight is 881 g/mol. The minimum absolute atomic E-state index is 0.144. The Labute approximate surface area is 382 Å². The van der Waals surface area contributed by atoms with Crippen LogP contribution in [0, 0.1) is 0 Å². The zero-order valence-corrected chi connectivity index (χ0v) is 39.4. The van der Waals surface area contributed by atoms with Gasteiger partial charge >= 0.3 is 5.97 Å². The van der Waals surface area contributed by atoms with Crippen molar-refractivity contribution in [2.45, 2.75) is 133 Å². The van der Waals surface area contributed by atoms with Crippen molar-refractivity contribution in [3.63, 3.8) is 0 Å². The molecule has 1 N–H and O–H groups in total. The molecule has 0 aromatic heterocycles. The van der Waals surface area contributed by atoms with Gasteiger partial charge in [-0.3, -0.25) is 9.59 Å². The topological polar surface area (TPSA) is 103 Å². The molecule has 4 aromatic rings. The van der Waals surface area contributed by atoms with E-state index in [0.29, 0.717) is 40.7 Å². The van der Waals surface area contributed by atoms with Gasteiger partial charge in [0.25, 0.3) is 0 Å². The Morgan fingerprint density at radius 3 is 1.59 bits per heavy atom. The van der Waals surface area contributed by atoms with Gasteiger partial charge < -0.3 is 29.2 Å². The van der Waals surface area contributed by atoms with Gasteiger partial charge in [-0.2, -0.15) is 0 Å². The highest BCUT2D eigenvalue weighted by atomic mass is 32.2. The third kappa shape index (κ3) is 18.0. The summed E-state index contributed by atoms with van der Waals surface area (Å²) in [4.78, 5) is 43.2. The predicted octanol–water partition coefficient (Wildman–Crippen LogP) is 12.7. The number of unbranched alkanes of at least 4 members (excludes halogenated alkanes) is 15. The largest absolute Gasteiger partial charge is 0.497 e. The SMILES string of the molecule is CCCCCCCCCCCCCCCCCCOc1ccc(CCC(=O)N(CC(=O)NC(c2ccc(OC)cc2)c2ccc(OC)cc2)c2ccc(SC)c(C(=O)OC)c2)cc1. The summed E-state index contributed by atoms with van der Waals surface area (Å²) in [6.07, 6.45) is 23.9. The number of hydrogen-bond donors (Lipinski definition) is 1. The number of rotatable bonds is 31. The summed E-state index contributed by atoms with van der Waals surface area (Å²) in [6, 6.07) is 27.5. The molecule has 0 radical (unpaired) electrons. The number of nitrogens with zero attached hydrogens (tertiary/aromatic N) is 1. The van der Waals surface area contributed by atoms with Crippen molar-refractivity contribution >= 4 is 35.2 Å². The molecule has 4 rings (SSSR count). The third-order valence-electron chi connectivity index (χ3n) is 11.5. The van der Waals surface area contributed by atoms with E-state index in [1.807, 2.05) is 79.1 Å². The summed E-state index contributed by atoms with van der Waals surface area (Å²) in [7, 11) is 4.53. The first-order valence-corrected chi connectivity index (χ1v) is 24.4. The van der Waals surface area contributed by atoms with Gasteiger partial charge in [0.2, 0.25) is 11.8 Å². The lowest BCUT2D eigenvalue weighted by Crippen LogP contribution is -2.42. The number of benzene rings is 4. The van der Waals surface area contributed by atoms with E-state index in [1.54, 1.807) is 32.4 Å². The molecule has 0 spiro atoms. The zero-order valence-electron chi connectivity index (χ0n) is 38.6. The summed E-state index contributed by atoms with van der Waals surface area (Å²) in [5.41, 5.74) is 3.40. The second-order valence-corrected chi connectivity index (χ2v) is 17.0. The average Bonchev–Trinajstić information content (AvgIpc) is 3.32. The van der Waals surface area contributed by atoms with E-state index in [0.717, 1.165) is 28.9 Å². The first-order chi connectivity index (χ1) is 30.8. The molecule has 63 heavy (non-hydrogen) atoms. The van der Waals surface area contributed by atoms with Gasteiger partial charge in [-0.25, -0.2) is 4.79 Å². The lowest BCUT2D eigenvalue weighted by atomic mass is 9.98. The predicted molar refractivity (Wildman–Crippen MR) is 258 cm³/mol. The fourth-order valence-electron chi connectivity index (χ4n) is 7.74. The number of ether oxygens (including phenoxy) is 4. The van der Waals surface area contributed by atoms with Crippen molar-refractivity contribution in [3.8, 4) is 17.2 Å². The summed E-state index contributed by atoms with van der Waals surface area (Å²) >= 11 is 1.40. The lowest BCUT2D eigenvalue weighted by molar-refractivity contribution is -0.124. The van der Waals surface area contributed by atoms with Crippen LogP contribution in [0.1, 0.15) is 149 Å². The molecule has 0 aliphatic heterocycles. The van der Waals surface area contributed by atoms with Crippen LogP contribution in [0.4, 0.5) is 5.69 Å². The number of carbonyl (C=O) groups is 3. The summed E-state index contributed by atoms with van der Waals surface area (Å²) in [5.74, 6) is 1.05. The van der Waals surface area contributed by atoms with Crippen LogP contribution in [0.25, 0.3) is 0 Å². The number of hydrogen-bond acceptors (Lipinski definition) is 8. The molecule has 342 valence electrons. The van der Waals surface area contributed by atoms with Crippen LogP contribution in [0.15, 0.2) is 95.9 Å². The van der Waals surface area contributed by atoms with Crippen LogP contribution in [-0.2, 0) is 20.7 Å². The van der Waals surface area contributed by atoms with Gasteiger partial charge in [0, 0.05) is 17.0 Å². The highest BCUT2D eigenvalue weighted by molar-refractivity contribution is 7.98. The number of nitrogens with one attached hydrogen (secondary N) is 1. The lowest BCUT2D eigenvalue weighted by Gasteiger charge is -2.26. The third-order valence-corrected chi connectivity index (χ3v) is 12.3. The van der Waals surface area contributed by atoms with Gasteiger partial charge in [-0.1, -0.05) is 140 Å². The molecule has 0 aliphatic rings. The van der Waals surface area contributed by atoms with Crippen molar-refractivity contribution in [3.05, 3.63) is 113 Å². The molecule has 0 aliphatic carbocycles. The first kappa shape index (κ1) is 50.7. The number of esters is 1. The van der Waals surface area contributed by atoms with E-state index < -0.39 is 12.0 Å². The van der Waals surface area contributed by atoms with E-state index in [4.69, 9.17) is 18.9 Å². The summed E-state index contributed by atoms with van der Waals surface area (Å²) in [5, 5.41) is 3.16.